The standard InChI is InChI=1S/C21H27F2NO2/c1-4-16(25)24-19-20(2,3)12-10-13-18(26-9-8-21(13,19)11-12)17-14(22)6-5-7-15(17)23/h5-7,12-13,18-19H,4,8-11H2,1-3H3,(H,24,25)/t12-,13-,18+,19+,21?/m1/s1. The van der Waals surface area contributed by atoms with Crippen molar-refractivity contribution in [3.63, 3.8) is 0 Å². The van der Waals surface area contributed by atoms with E-state index >= 15 is 0 Å². The van der Waals surface area contributed by atoms with Crippen LogP contribution in [0.25, 0.3) is 0 Å². The van der Waals surface area contributed by atoms with Crippen LogP contribution in [0.1, 0.15) is 58.1 Å². The number of benzene rings is 1. The summed E-state index contributed by atoms with van der Waals surface area (Å²) in [5.41, 5.74) is -0.101. The van der Waals surface area contributed by atoms with Crippen molar-refractivity contribution < 1.29 is 18.3 Å². The first-order valence-corrected chi connectivity index (χ1v) is 9.66. The Morgan fingerprint density at radius 1 is 1.31 bits per heavy atom. The third kappa shape index (κ3) is 2.35. The van der Waals surface area contributed by atoms with Gasteiger partial charge in [-0.1, -0.05) is 26.8 Å². The Balaban J connectivity index is 1.74. The van der Waals surface area contributed by atoms with Gasteiger partial charge in [0, 0.05) is 19.1 Å². The van der Waals surface area contributed by atoms with Gasteiger partial charge in [-0.05, 0) is 54.1 Å². The van der Waals surface area contributed by atoms with Crippen LogP contribution in [-0.4, -0.2) is 18.6 Å². The second-order valence-corrected chi connectivity index (χ2v) is 8.83. The average Bonchev–Trinajstić information content (AvgIpc) is 3.08. The van der Waals surface area contributed by atoms with Gasteiger partial charge in [-0.2, -0.15) is 0 Å². The number of carbonyl (C=O) groups excluding carboxylic acids is 1. The normalized spacial score (nSPS) is 37.4. The summed E-state index contributed by atoms with van der Waals surface area (Å²) < 4.78 is 34.9. The monoisotopic (exact) mass is 363 g/mol. The number of carbonyl (C=O) groups is 1. The minimum Gasteiger partial charge on any atom is -0.373 e. The zero-order valence-corrected chi connectivity index (χ0v) is 15.6. The van der Waals surface area contributed by atoms with Crippen molar-refractivity contribution >= 4 is 5.91 Å². The number of fused-ring (bicyclic) bond motifs is 1. The highest BCUT2D eigenvalue weighted by atomic mass is 19.1. The molecular weight excluding hydrogens is 336 g/mol. The van der Waals surface area contributed by atoms with Crippen LogP contribution in [0.2, 0.25) is 0 Å². The molecule has 0 radical (unpaired) electrons. The number of hydrogen-bond acceptors (Lipinski definition) is 2. The van der Waals surface area contributed by atoms with Crippen molar-refractivity contribution in [3.8, 4) is 0 Å². The predicted octanol–water partition coefficient (Wildman–Crippen LogP) is 4.37. The molecule has 142 valence electrons. The summed E-state index contributed by atoms with van der Waals surface area (Å²) in [4.78, 5) is 12.2. The molecule has 26 heavy (non-hydrogen) atoms. The molecule has 1 unspecified atom stereocenters. The summed E-state index contributed by atoms with van der Waals surface area (Å²) in [5, 5.41) is 3.26. The van der Waals surface area contributed by atoms with Gasteiger partial charge in [0.2, 0.25) is 5.91 Å². The molecule has 1 heterocycles. The molecule has 1 amide bonds. The fourth-order valence-electron chi connectivity index (χ4n) is 6.12. The Kier molecular flexibility index (Phi) is 4.14. The van der Waals surface area contributed by atoms with Crippen LogP contribution in [-0.2, 0) is 9.53 Å². The molecule has 3 nitrogen and oxygen atoms in total. The van der Waals surface area contributed by atoms with Gasteiger partial charge in [-0.3, -0.25) is 4.79 Å². The van der Waals surface area contributed by atoms with E-state index in [0.29, 0.717) is 18.9 Å². The zero-order valence-electron chi connectivity index (χ0n) is 15.6. The average molecular weight is 363 g/mol. The maximum atomic E-state index is 14.5. The van der Waals surface area contributed by atoms with Crippen molar-refractivity contribution in [1.82, 2.24) is 5.32 Å². The lowest BCUT2D eigenvalue weighted by molar-refractivity contribution is -0.138. The molecule has 1 aromatic carbocycles. The minimum atomic E-state index is -0.577. The molecule has 2 saturated carbocycles. The Labute approximate surface area is 153 Å². The number of hydrogen-bond donors (Lipinski definition) is 1. The van der Waals surface area contributed by atoms with E-state index in [9.17, 15) is 13.6 Å². The lowest BCUT2D eigenvalue weighted by atomic mass is 9.58. The zero-order chi connectivity index (χ0) is 18.7. The summed E-state index contributed by atoms with van der Waals surface area (Å²) >= 11 is 0. The molecular formula is C21H27F2NO2. The van der Waals surface area contributed by atoms with Crippen LogP contribution >= 0.6 is 0 Å². The first-order chi connectivity index (χ1) is 12.3. The van der Waals surface area contributed by atoms with Crippen LogP contribution in [0.5, 0.6) is 0 Å². The Bertz CT molecular complexity index is 714. The van der Waals surface area contributed by atoms with E-state index in [0.717, 1.165) is 19.3 Å². The first-order valence-electron chi connectivity index (χ1n) is 9.66. The van der Waals surface area contributed by atoms with Gasteiger partial charge in [0.1, 0.15) is 11.6 Å². The Morgan fingerprint density at radius 3 is 2.65 bits per heavy atom. The molecule has 5 heteroatoms. The number of rotatable bonds is 3. The molecule has 1 aromatic rings. The summed E-state index contributed by atoms with van der Waals surface area (Å²) in [6.45, 7) is 6.76. The maximum Gasteiger partial charge on any atom is 0.219 e. The van der Waals surface area contributed by atoms with Crippen LogP contribution in [0.4, 0.5) is 8.78 Å². The van der Waals surface area contributed by atoms with Crippen LogP contribution in [0.15, 0.2) is 18.2 Å². The summed E-state index contributed by atoms with van der Waals surface area (Å²) in [6, 6.07) is 4.01. The molecule has 5 atom stereocenters. The van der Waals surface area contributed by atoms with Gasteiger partial charge in [0.25, 0.3) is 0 Å². The van der Waals surface area contributed by atoms with Gasteiger partial charge in [-0.25, -0.2) is 8.78 Å². The molecule has 1 N–H and O–H groups in total. The molecule has 1 spiro atoms. The van der Waals surface area contributed by atoms with Gasteiger partial charge in [-0.15, -0.1) is 0 Å². The second-order valence-electron chi connectivity index (χ2n) is 8.83. The summed E-state index contributed by atoms with van der Waals surface area (Å²) in [5.74, 6) is -0.577. The smallest absolute Gasteiger partial charge is 0.219 e. The van der Waals surface area contributed by atoms with Crippen molar-refractivity contribution in [3.05, 3.63) is 35.4 Å². The molecule has 2 aliphatic carbocycles. The fraction of sp³-hybridized carbons (Fsp3) is 0.667. The van der Waals surface area contributed by atoms with Gasteiger partial charge in [0.15, 0.2) is 0 Å². The predicted molar refractivity (Wildman–Crippen MR) is 94.3 cm³/mol. The van der Waals surface area contributed by atoms with Crippen LogP contribution in [0.3, 0.4) is 0 Å². The largest absolute Gasteiger partial charge is 0.373 e. The van der Waals surface area contributed by atoms with Crippen molar-refractivity contribution in [2.75, 3.05) is 6.61 Å². The topological polar surface area (TPSA) is 38.3 Å². The van der Waals surface area contributed by atoms with Gasteiger partial charge < -0.3 is 10.1 Å². The molecule has 1 aliphatic heterocycles. The fourth-order valence-corrected chi connectivity index (χ4v) is 6.12. The van der Waals surface area contributed by atoms with E-state index in [1.165, 1.54) is 18.2 Å². The Hall–Kier alpha value is -1.49. The van der Waals surface area contributed by atoms with Crippen LogP contribution in [0, 0.1) is 34.3 Å². The molecule has 4 rings (SSSR count). The number of amides is 1. The lowest BCUT2D eigenvalue weighted by Crippen LogP contribution is -2.58. The van der Waals surface area contributed by atoms with E-state index in [4.69, 9.17) is 4.74 Å². The summed E-state index contributed by atoms with van der Waals surface area (Å²) in [6.07, 6.45) is 2.59. The third-order valence-corrected chi connectivity index (χ3v) is 7.42. The highest BCUT2D eigenvalue weighted by molar-refractivity contribution is 5.76. The molecule has 3 aliphatic rings. The van der Waals surface area contributed by atoms with Crippen molar-refractivity contribution in [2.45, 2.75) is 58.6 Å². The molecule has 1 saturated heterocycles. The van der Waals surface area contributed by atoms with Crippen molar-refractivity contribution in [1.29, 1.82) is 0 Å². The quantitative estimate of drug-likeness (QED) is 0.866. The Morgan fingerprint density at radius 2 is 2.00 bits per heavy atom. The maximum absolute atomic E-state index is 14.5. The third-order valence-electron chi connectivity index (χ3n) is 7.42. The lowest BCUT2D eigenvalue weighted by Gasteiger charge is -2.53. The van der Waals surface area contributed by atoms with E-state index in [1.54, 1.807) is 0 Å². The van der Waals surface area contributed by atoms with E-state index in [-0.39, 0.29) is 34.3 Å². The minimum absolute atomic E-state index is 0.0169. The van der Waals surface area contributed by atoms with Gasteiger partial charge in [0.05, 0.1) is 11.7 Å². The van der Waals surface area contributed by atoms with Gasteiger partial charge >= 0.3 is 0 Å². The SMILES string of the molecule is CCC(=O)N[C@H]1C(C)(C)[C@@H]2C[C@@H]3[C@@H](c4c(F)cccc4F)OCCC31C2. The highest BCUT2D eigenvalue weighted by Gasteiger charge is 2.68. The van der Waals surface area contributed by atoms with E-state index < -0.39 is 17.7 Å². The molecule has 0 aromatic heterocycles. The van der Waals surface area contributed by atoms with Crippen molar-refractivity contribution in [2.24, 2.45) is 22.7 Å². The number of ether oxygens (including phenoxy) is 1. The highest BCUT2D eigenvalue weighted by Crippen LogP contribution is 2.70. The van der Waals surface area contributed by atoms with E-state index in [1.807, 2.05) is 6.92 Å². The van der Waals surface area contributed by atoms with E-state index in [2.05, 4.69) is 19.2 Å². The second kappa shape index (κ2) is 6.01. The number of halogens is 2. The summed E-state index contributed by atoms with van der Waals surface area (Å²) in [7, 11) is 0. The number of nitrogens with one attached hydrogen (secondary N) is 1. The molecule has 2 bridgehead atoms. The van der Waals surface area contributed by atoms with Crippen LogP contribution < -0.4 is 5.32 Å². The first kappa shape index (κ1) is 17.9. The molecule has 3 fully saturated rings.